The van der Waals surface area contributed by atoms with E-state index in [1.165, 1.54) is 0 Å². The van der Waals surface area contributed by atoms with Crippen LogP contribution in [0.25, 0.3) is 10.9 Å². The van der Waals surface area contributed by atoms with Crippen molar-refractivity contribution in [1.29, 1.82) is 5.26 Å². The van der Waals surface area contributed by atoms with Crippen LogP contribution in [0.3, 0.4) is 0 Å². The number of unbranched alkanes of at least 4 members (excludes halogenated alkanes) is 1. The maximum atomic E-state index is 8.90. The minimum Gasteiger partial charge on any atom is -0.369 e. The number of nitrogens with one attached hydrogen (secondary N) is 2. The van der Waals surface area contributed by atoms with Crippen LogP contribution in [0.1, 0.15) is 25.3 Å². The number of nitrogens with zero attached hydrogens (tertiary/aromatic N) is 3. The zero-order chi connectivity index (χ0) is 17.6. The summed E-state index contributed by atoms with van der Waals surface area (Å²) in [6, 6.07) is 15.3. The van der Waals surface area contributed by atoms with E-state index < -0.39 is 0 Å². The van der Waals surface area contributed by atoms with E-state index in [1.807, 2.05) is 30.3 Å². The summed E-state index contributed by atoms with van der Waals surface area (Å²) in [6.07, 6.45) is 2.20. The smallest absolute Gasteiger partial charge is 0.229 e. The monoisotopic (exact) mass is 395 g/mol. The number of para-hydroxylation sites is 1. The van der Waals surface area contributed by atoms with Gasteiger partial charge in [-0.25, -0.2) is 4.98 Å². The number of hydrogen-bond donors (Lipinski definition) is 2. The van der Waals surface area contributed by atoms with E-state index in [0.29, 0.717) is 11.5 Å². The molecule has 0 spiro atoms. The fraction of sp³-hybridized carbons (Fsp3) is 0.211. The van der Waals surface area contributed by atoms with Crippen molar-refractivity contribution in [3.63, 3.8) is 0 Å². The molecule has 2 N–H and O–H groups in total. The molecular weight excluding hydrogens is 378 g/mol. The molecule has 3 rings (SSSR count). The summed E-state index contributed by atoms with van der Waals surface area (Å²) in [5.41, 5.74) is 2.31. The number of benzene rings is 2. The molecule has 1 heterocycles. The summed E-state index contributed by atoms with van der Waals surface area (Å²) in [6.45, 7) is 3.03. The lowest BCUT2D eigenvalue weighted by atomic mass is 10.2. The highest BCUT2D eigenvalue weighted by atomic mass is 79.9. The molecule has 25 heavy (non-hydrogen) atoms. The Balaban J connectivity index is 1.96. The van der Waals surface area contributed by atoms with Gasteiger partial charge in [0.25, 0.3) is 0 Å². The molecule has 0 saturated heterocycles. The van der Waals surface area contributed by atoms with Gasteiger partial charge in [0.05, 0.1) is 17.1 Å². The molecular formula is C19H18BrN5. The van der Waals surface area contributed by atoms with E-state index in [1.54, 1.807) is 12.1 Å². The second-order valence-electron chi connectivity index (χ2n) is 5.63. The Bertz CT molecular complexity index is 915. The molecule has 2 aromatic carbocycles. The van der Waals surface area contributed by atoms with Gasteiger partial charge in [0.1, 0.15) is 5.82 Å². The number of halogens is 1. The van der Waals surface area contributed by atoms with Crippen LogP contribution in [0.15, 0.2) is 46.9 Å². The van der Waals surface area contributed by atoms with E-state index >= 15 is 0 Å². The topological polar surface area (TPSA) is 73.6 Å². The Morgan fingerprint density at radius 1 is 1.12 bits per heavy atom. The van der Waals surface area contributed by atoms with Gasteiger partial charge in [0.15, 0.2) is 0 Å². The van der Waals surface area contributed by atoms with Gasteiger partial charge in [0, 0.05) is 22.1 Å². The third-order valence-corrected chi connectivity index (χ3v) is 4.41. The first-order valence-electron chi connectivity index (χ1n) is 8.18. The van der Waals surface area contributed by atoms with Crippen molar-refractivity contribution in [2.24, 2.45) is 0 Å². The Labute approximate surface area is 155 Å². The predicted octanol–water partition coefficient (Wildman–Crippen LogP) is 5.22. The fourth-order valence-electron chi connectivity index (χ4n) is 2.45. The first-order chi connectivity index (χ1) is 12.2. The van der Waals surface area contributed by atoms with E-state index in [4.69, 9.17) is 5.26 Å². The highest BCUT2D eigenvalue weighted by Crippen LogP contribution is 2.29. The minimum atomic E-state index is 0.517. The zero-order valence-corrected chi connectivity index (χ0v) is 15.5. The maximum absolute atomic E-state index is 8.90. The SMILES string of the molecule is CCCCNc1nc(Nc2ccc(C#N)cc2)nc2c(Br)cccc12. The highest BCUT2D eigenvalue weighted by molar-refractivity contribution is 9.10. The Kier molecular flexibility index (Phi) is 5.46. The number of aromatic nitrogens is 2. The van der Waals surface area contributed by atoms with Crippen LogP contribution in [-0.2, 0) is 0 Å². The molecule has 0 aliphatic carbocycles. The van der Waals surface area contributed by atoms with Gasteiger partial charge in [-0.15, -0.1) is 0 Å². The van der Waals surface area contributed by atoms with Crippen LogP contribution >= 0.6 is 15.9 Å². The third kappa shape index (κ3) is 4.06. The van der Waals surface area contributed by atoms with Gasteiger partial charge in [0.2, 0.25) is 5.95 Å². The summed E-state index contributed by atoms with van der Waals surface area (Å²) >= 11 is 3.57. The van der Waals surface area contributed by atoms with Gasteiger partial charge >= 0.3 is 0 Å². The van der Waals surface area contributed by atoms with E-state index in [2.05, 4.69) is 49.5 Å². The van der Waals surface area contributed by atoms with Crippen LogP contribution in [0.2, 0.25) is 0 Å². The molecule has 126 valence electrons. The molecule has 0 saturated carbocycles. The number of nitriles is 1. The van der Waals surface area contributed by atoms with Crippen LogP contribution in [-0.4, -0.2) is 16.5 Å². The largest absolute Gasteiger partial charge is 0.369 e. The molecule has 0 bridgehead atoms. The second-order valence-corrected chi connectivity index (χ2v) is 6.48. The van der Waals surface area contributed by atoms with Crippen molar-refractivity contribution in [3.05, 3.63) is 52.5 Å². The predicted molar refractivity (Wildman–Crippen MR) is 105 cm³/mol. The lowest BCUT2D eigenvalue weighted by Gasteiger charge is -2.12. The molecule has 0 radical (unpaired) electrons. The molecule has 0 fully saturated rings. The van der Waals surface area contributed by atoms with Gasteiger partial charge < -0.3 is 10.6 Å². The van der Waals surface area contributed by atoms with E-state index in [0.717, 1.165) is 46.3 Å². The highest BCUT2D eigenvalue weighted by Gasteiger charge is 2.10. The van der Waals surface area contributed by atoms with E-state index in [9.17, 15) is 0 Å². The summed E-state index contributed by atoms with van der Waals surface area (Å²) in [4.78, 5) is 9.26. The quantitative estimate of drug-likeness (QED) is 0.559. The molecule has 5 nitrogen and oxygen atoms in total. The summed E-state index contributed by atoms with van der Waals surface area (Å²) in [7, 11) is 0. The van der Waals surface area contributed by atoms with Crippen molar-refractivity contribution in [1.82, 2.24) is 9.97 Å². The lowest BCUT2D eigenvalue weighted by molar-refractivity contribution is 0.832. The zero-order valence-electron chi connectivity index (χ0n) is 13.9. The van der Waals surface area contributed by atoms with Crippen molar-refractivity contribution in [2.45, 2.75) is 19.8 Å². The first-order valence-corrected chi connectivity index (χ1v) is 8.98. The average molecular weight is 396 g/mol. The normalized spacial score (nSPS) is 10.4. The Morgan fingerprint density at radius 2 is 1.92 bits per heavy atom. The standard InChI is InChI=1S/C19H18BrN5/c1-2-3-11-22-18-15-5-4-6-16(20)17(15)24-19(25-18)23-14-9-7-13(12-21)8-10-14/h4-10H,2-3,11H2,1H3,(H2,22,23,24,25). The molecule has 0 aliphatic rings. The van der Waals surface area contributed by atoms with Crippen molar-refractivity contribution >= 4 is 44.3 Å². The van der Waals surface area contributed by atoms with Gasteiger partial charge in [-0.2, -0.15) is 10.2 Å². The fourth-order valence-corrected chi connectivity index (χ4v) is 2.90. The number of anilines is 3. The molecule has 0 amide bonds. The second kappa shape index (κ2) is 7.95. The lowest BCUT2D eigenvalue weighted by Crippen LogP contribution is -2.07. The molecule has 0 aliphatic heterocycles. The summed E-state index contributed by atoms with van der Waals surface area (Å²) in [5.74, 6) is 1.33. The van der Waals surface area contributed by atoms with Crippen molar-refractivity contribution in [2.75, 3.05) is 17.2 Å². The van der Waals surface area contributed by atoms with Gasteiger partial charge in [-0.1, -0.05) is 19.4 Å². The average Bonchev–Trinajstić information content (AvgIpc) is 2.63. The number of hydrogen-bond acceptors (Lipinski definition) is 5. The summed E-state index contributed by atoms with van der Waals surface area (Å²) < 4.78 is 0.925. The Hall–Kier alpha value is -2.65. The molecule has 0 atom stereocenters. The van der Waals surface area contributed by atoms with Gasteiger partial charge in [-0.05, 0) is 58.7 Å². The van der Waals surface area contributed by atoms with Gasteiger partial charge in [-0.3, -0.25) is 0 Å². The van der Waals surface area contributed by atoms with Crippen molar-refractivity contribution in [3.8, 4) is 6.07 Å². The third-order valence-electron chi connectivity index (χ3n) is 3.77. The maximum Gasteiger partial charge on any atom is 0.229 e. The Morgan fingerprint density at radius 3 is 2.64 bits per heavy atom. The number of fused-ring (bicyclic) bond motifs is 1. The van der Waals surface area contributed by atoms with Crippen LogP contribution < -0.4 is 10.6 Å². The summed E-state index contributed by atoms with van der Waals surface area (Å²) in [5, 5.41) is 16.5. The number of rotatable bonds is 6. The van der Waals surface area contributed by atoms with Crippen molar-refractivity contribution < 1.29 is 0 Å². The first kappa shape index (κ1) is 17.2. The molecule has 0 unspecified atom stereocenters. The molecule has 1 aromatic heterocycles. The molecule has 6 heteroatoms. The van der Waals surface area contributed by atoms with Crippen LogP contribution in [0, 0.1) is 11.3 Å². The van der Waals surface area contributed by atoms with E-state index in [-0.39, 0.29) is 0 Å². The molecule has 3 aromatic rings. The van der Waals surface area contributed by atoms with Crippen LogP contribution in [0.5, 0.6) is 0 Å². The van der Waals surface area contributed by atoms with Crippen LogP contribution in [0.4, 0.5) is 17.5 Å². The minimum absolute atomic E-state index is 0.517.